The van der Waals surface area contributed by atoms with Gasteiger partial charge in [0.05, 0.1) is 28.6 Å². The molecule has 4 aromatic heterocycles. The molecule has 0 radical (unpaired) electrons. The van der Waals surface area contributed by atoms with E-state index in [0.717, 1.165) is 10.9 Å². The number of halogens is 2. The maximum Gasteiger partial charge on any atom is 0.347 e. The minimum absolute atomic E-state index is 0.0985. The number of fused-ring (bicyclic) bond motifs is 2. The van der Waals surface area contributed by atoms with Gasteiger partial charge in [0.15, 0.2) is 5.82 Å². The molecule has 5 rings (SSSR count). The van der Waals surface area contributed by atoms with E-state index < -0.39 is 5.63 Å². The molecule has 0 aliphatic rings. The van der Waals surface area contributed by atoms with Gasteiger partial charge in [-0.25, -0.2) is 24.4 Å². The van der Waals surface area contributed by atoms with Crippen molar-refractivity contribution in [3.8, 4) is 23.3 Å². The number of pyridine rings is 2. The molecule has 0 fully saturated rings. The number of benzene rings is 1. The van der Waals surface area contributed by atoms with Crippen molar-refractivity contribution in [3.63, 3.8) is 0 Å². The Morgan fingerprint density at radius 3 is 2.77 bits per heavy atom. The zero-order valence-electron chi connectivity index (χ0n) is 16.3. The summed E-state index contributed by atoms with van der Waals surface area (Å²) >= 11 is 9.66. The van der Waals surface area contributed by atoms with Crippen LogP contribution in [0.2, 0.25) is 5.02 Å². The van der Waals surface area contributed by atoms with Crippen LogP contribution in [0.3, 0.4) is 0 Å². The Labute approximate surface area is 188 Å². The fraction of sp³-hybridized carbons (Fsp3) is 0.0952. The Kier molecular flexibility index (Phi) is 4.71. The standard InChI is InChI=1S/C21H13BrClN5O3/c1-10-11-5-6-17(30-2)25-14(11)8-12-18(10)26-20(31-21(12)29)15-9-16(22)27-28(15)19-13(23)4-3-7-24-19/h3-9H,1-2H3. The molecule has 0 unspecified atom stereocenters. The molecule has 0 saturated carbocycles. The van der Waals surface area contributed by atoms with E-state index in [9.17, 15) is 4.79 Å². The first-order valence-electron chi connectivity index (χ1n) is 9.12. The van der Waals surface area contributed by atoms with E-state index in [1.807, 2.05) is 13.0 Å². The molecule has 8 nitrogen and oxygen atoms in total. The van der Waals surface area contributed by atoms with Crippen LogP contribution < -0.4 is 10.4 Å². The maximum absolute atomic E-state index is 12.9. The Morgan fingerprint density at radius 2 is 2.00 bits per heavy atom. The topological polar surface area (TPSA) is 95.9 Å². The summed E-state index contributed by atoms with van der Waals surface area (Å²) in [7, 11) is 1.54. The van der Waals surface area contributed by atoms with E-state index in [4.69, 9.17) is 20.8 Å². The number of nitrogens with zero attached hydrogens (tertiary/aromatic N) is 5. The quantitative estimate of drug-likeness (QED) is 0.332. The monoisotopic (exact) mass is 497 g/mol. The van der Waals surface area contributed by atoms with Gasteiger partial charge in [0, 0.05) is 23.7 Å². The smallest absolute Gasteiger partial charge is 0.347 e. The van der Waals surface area contributed by atoms with Crippen molar-refractivity contribution in [2.24, 2.45) is 0 Å². The van der Waals surface area contributed by atoms with Crippen molar-refractivity contribution >= 4 is 49.3 Å². The summed E-state index contributed by atoms with van der Waals surface area (Å²) in [6.07, 6.45) is 1.60. The van der Waals surface area contributed by atoms with Crippen LogP contribution >= 0.6 is 27.5 Å². The molecule has 0 aliphatic carbocycles. The summed E-state index contributed by atoms with van der Waals surface area (Å²) in [5.41, 5.74) is 1.84. The Bertz CT molecular complexity index is 1550. The van der Waals surface area contributed by atoms with Crippen LogP contribution in [0.15, 0.2) is 56.4 Å². The van der Waals surface area contributed by atoms with Gasteiger partial charge in [-0.1, -0.05) is 11.6 Å². The summed E-state index contributed by atoms with van der Waals surface area (Å²) in [4.78, 5) is 26.3. The molecular weight excluding hydrogens is 486 g/mol. The second kappa shape index (κ2) is 7.44. The van der Waals surface area contributed by atoms with Crippen LogP contribution in [0.25, 0.3) is 39.2 Å². The molecule has 1 aromatic carbocycles. The number of hydrogen-bond donors (Lipinski definition) is 0. The molecule has 154 valence electrons. The minimum Gasteiger partial charge on any atom is -0.481 e. The van der Waals surface area contributed by atoms with Crippen molar-refractivity contribution in [2.75, 3.05) is 7.11 Å². The lowest BCUT2D eigenvalue weighted by Gasteiger charge is -2.09. The Balaban J connectivity index is 1.78. The summed E-state index contributed by atoms with van der Waals surface area (Å²) in [5, 5.41) is 5.96. The third kappa shape index (κ3) is 3.26. The van der Waals surface area contributed by atoms with Crippen molar-refractivity contribution in [1.29, 1.82) is 0 Å². The van der Waals surface area contributed by atoms with Crippen molar-refractivity contribution in [2.45, 2.75) is 6.92 Å². The Morgan fingerprint density at radius 1 is 1.16 bits per heavy atom. The number of methoxy groups -OCH3 is 1. The number of aryl methyl sites for hydroxylation is 1. The fourth-order valence-electron chi connectivity index (χ4n) is 3.41. The first kappa shape index (κ1) is 19.7. The fourth-order valence-corrected chi connectivity index (χ4v) is 3.98. The second-order valence-corrected chi connectivity index (χ2v) is 7.92. The van der Waals surface area contributed by atoms with E-state index in [0.29, 0.717) is 43.4 Å². The van der Waals surface area contributed by atoms with Gasteiger partial charge in [0.1, 0.15) is 10.3 Å². The highest BCUT2D eigenvalue weighted by Gasteiger charge is 2.20. The predicted molar refractivity (Wildman–Crippen MR) is 120 cm³/mol. The molecular formula is C21H13BrClN5O3. The maximum atomic E-state index is 12.9. The lowest BCUT2D eigenvalue weighted by atomic mass is 10.1. The summed E-state index contributed by atoms with van der Waals surface area (Å²) in [6.45, 7) is 1.89. The van der Waals surface area contributed by atoms with E-state index in [2.05, 4.69) is 36.0 Å². The van der Waals surface area contributed by atoms with E-state index in [1.165, 1.54) is 4.68 Å². The Hall–Kier alpha value is -3.30. The molecule has 5 aromatic rings. The van der Waals surface area contributed by atoms with Crippen LogP contribution in [0, 0.1) is 6.92 Å². The predicted octanol–water partition coefficient (Wildman–Crippen LogP) is 4.72. The van der Waals surface area contributed by atoms with Gasteiger partial charge in [-0.3, -0.25) is 0 Å². The van der Waals surface area contributed by atoms with E-state index in [-0.39, 0.29) is 5.89 Å². The molecule has 0 bridgehead atoms. The number of ether oxygens (including phenoxy) is 1. The number of rotatable bonds is 3. The van der Waals surface area contributed by atoms with Gasteiger partial charge in [-0.15, -0.1) is 0 Å². The van der Waals surface area contributed by atoms with Gasteiger partial charge < -0.3 is 9.15 Å². The highest BCUT2D eigenvalue weighted by molar-refractivity contribution is 9.10. The third-order valence-electron chi connectivity index (χ3n) is 4.86. The molecule has 31 heavy (non-hydrogen) atoms. The number of aromatic nitrogens is 5. The summed E-state index contributed by atoms with van der Waals surface area (Å²) < 4.78 is 12.8. The molecule has 0 aliphatic heterocycles. The molecule has 0 atom stereocenters. The lowest BCUT2D eigenvalue weighted by molar-refractivity contribution is 0.399. The SMILES string of the molecule is COc1ccc2c(C)c3nc(-c4cc(Br)nn4-c4ncccc4Cl)oc(=O)c3cc2n1. The van der Waals surface area contributed by atoms with Crippen LogP contribution in [0.1, 0.15) is 5.56 Å². The average molecular weight is 499 g/mol. The van der Waals surface area contributed by atoms with Crippen LogP contribution in [-0.4, -0.2) is 31.8 Å². The van der Waals surface area contributed by atoms with E-state index in [1.54, 1.807) is 43.6 Å². The zero-order valence-corrected chi connectivity index (χ0v) is 18.6. The van der Waals surface area contributed by atoms with Crippen LogP contribution in [-0.2, 0) is 0 Å². The molecule has 4 heterocycles. The lowest BCUT2D eigenvalue weighted by Crippen LogP contribution is -2.08. The van der Waals surface area contributed by atoms with Crippen LogP contribution in [0.5, 0.6) is 5.88 Å². The molecule has 0 amide bonds. The summed E-state index contributed by atoms with van der Waals surface area (Å²) in [5.74, 6) is 0.948. The van der Waals surface area contributed by atoms with Crippen molar-refractivity contribution in [1.82, 2.24) is 24.7 Å². The van der Waals surface area contributed by atoms with Gasteiger partial charge in [0.25, 0.3) is 0 Å². The van der Waals surface area contributed by atoms with Crippen molar-refractivity contribution < 1.29 is 9.15 Å². The molecule has 0 saturated heterocycles. The largest absolute Gasteiger partial charge is 0.481 e. The van der Waals surface area contributed by atoms with Gasteiger partial charge in [-0.2, -0.15) is 5.10 Å². The highest BCUT2D eigenvalue weighted by Crippen LogP contribution is 2.30. The van der Waals surface area contributed by atoms with Crippen molar-refractivity contribution in [3.05, 3.63) is 68.2 Å². The minimum atomic E-state index is -0.536. The van der Waals surface area contributed by atoms with Gasteiger partial charge in [-0.05, 0) is 52.7 Å². The van der Waals surface area contributed by atoms with Gasteiger partial charge in [0.2, 0.25) is 11.8 Å². The zero-order chi connectivity index (χ0) is 21.7. The second-order valence-electron chi connectivity index (χ2n) is 6.70. The third-order valence-corrected chi connectivity index (χ3v) is 5.55. The van der Waals surface area contributed by atoms with E-state index >= 15 is 0 Å². The molecule has 0 spiro atoms. The normalized spacial score (nSPS) is 11.4. The first-order valence-corrected chi connectivity index (χ1v) is 10.3. The highest BCUT2D eigenvalue weighted by atomic mass is 79.9. The average Bonchev–Trinajstić information content (AvgIpc) is 3.16. The molecule has 0 N–H and O–H groups in total. The van der Waals surface area contributed by atoms with Gasteiger partial charge >= 0.3 is 5.63 Å². The summed E-state index contributed by atoms with van der Waals surface area (Å²) in [6, 6.07) is 10.4. The first-order chi connectivity index (χ1) is 15.0. The molecule has 10 heteroatoms. The number of hydrogen-bond acceptors (Lipinski definition) is 7. The van der Waals surface area contributed by atoms with Crippen LogP contribution in [0.4, 0.5) is 0 Å².